The van der Waals surface area contributed by atoms with Crippen molar-refractivity contribution in [3.63, 3.8) is 0 Å². The molecular weight excluding hydrogens is 359 g/mol. The number of methoxy groups -OCH3 is 1. The first kappa shape index (κ1) is 17.9. The molecule has 5 nitrogen and oxygen atoms in total. The second-order valence-corrected chi connectivity index (χ2v) is 6.21. The molecule has 0 bridgehead atoms. The maximum atomic E-state index is 13.9. The number of hydrogen-bond donors (Lipinski definition) is 1. The second kappa shape index (κ2) is 7.17. The van der Waals surface area contributed by atoms with E-state index in [0.717, 1.165) is 0 Å². The van der Waals surface area contributed by atoms with Gasteiger partial charge in [-0.3, -0.25) is 9.59 Å². The first-order chi connectivity index (χ1) is 12.4. The summed E-state index contributed by atoms with van der Waals surface area (Å²) in [4.78, 5) is 29.5. The van der Waals surface area contributed by atoms with Crippen molar-refractivity contribution in [3.05, 3.63) is 74.8 Å². The highest BCUT2D eigenvalue weighted by Gasteiger charge is 2.19. The normalized spacial score (nSPS) is 10.8. The zero-order chi connectivity index (χ0) is 18.8. The Bertz CT molecular complexity index is 1030. The van der Waals surface area contributed by atoms with E-state index in [4.69, 9.17) is 16.3 Å². The number of carbonyl (C=O) groups excluding carboxylic acids is 1. The summed E-state index contributed by atoms with van der Waals surface area (Å²) in [5.41, 5.74) is 0.327. The number of amides is 1. The van der Waals surface area contributed by atoms with Crippen LogP contribution in [0.25, 0.3) is 10.9 Å². The molecule has 0 aliphatic heterocycles. The van der Waals surface area contributed by atoms with Gasteiger partial charge in [-0.25, -0.2) is 4.39 Å². The lowest BCUT2D eigenvalue weighted by Crippen LogP contribution is -2.31. The van der Waals surface area contributed by atoms with Crippen LogP contribution in [0.4, 0.5) is 4.39 Å². The van der Waals surface area contributed by atoms with E-state index >= 15 is 0 Å². The number of benzene rings is 2. The molecule has 2 aromatic carbocycles. The molecule has 0 unspecified atom stereocenters. The molecule has 3 aromatic rings. The molecule has 1 N–H and O–H groups in total. The minimum Gasteiger partial charge on any atom is -0.497 e. The van der Waals surface area contributed by atoms with Crippen LogP contribution in [0.15, 0.2) is 47.4 Å². The second-order valence-electron chi connectivity index (χ2n) is 5.80. The smallest absolute Gasteiger partial charge is 0.259 e. The van der Waals surface area contributed by atoms with Crippen LogP contribution in [0.1, 0.15) is 15.9 Å². The lowest BCUT2D eigenvalue weighted by Gasteiger charge is -2.18. The van der Waals surface area contributed by atoms with Crippen molar-refractivity contribution >= 4 is 28.4 Å². The monoisotopic (exact) mass is 374 g/mol. The Labute approximate surface area is 154 Å². The molecule has 0 aliphatic rings. The molecule has 1 aromatic heterocycles. The van der Waals surface area contributed by atoms with E-state index in [9.17, 15) is 14.0 Å². The summed E-state index contributed by atoms with van der Waals surface area (Å²) < 4.78 is 19.1. The van der Waals surface area contributed by atoms with E-state index in [1.54, 1.807) is 24.3 Å². The Morgan fingerprint density at radius 2 is 2.08 bits per heavy atom. The molecule has 0 aliphatic carbocycles. The van der Waals surface area contributed by atoms with Crippen LogP contribution in [0.3, 0.4) is 0 Å². The number of fused-ring (bicyclic) bond motifs is 1. The number of halogens is 2. The number of carbonyl (C=O) groups is 1. The Kier molecular flexibility index (Phi) is 4.95. The molecule has 26 heavy (non-hydrogen) atoms. The van der Waals surface area contributed by atoms with Crippen molar-refractivity contribution in [1.82, 2.24) is 9.88 Å². The van der Waals surface area contributed by atoms with Gasteiger partial charge in [-0.05, 0) is 24.3 Å². The number of rotatable bonds is 4. The summed E-state index contributed by atoms with van der Waals surface area (Å²) in [7, 11) is 3.02. The standard InChI is InChI=1S/C19H16ClFN2O3/c1-23(10-14-15(20)4-3-5-16(14)21)19(25)13-9-22-17-8-11(26-2)6-7-12(17)18(13)24/h3-9H,10H2,1-2H3,(H,22,24). The van der Waals surface area contributed by atoms with Gasteiger partial charge in [0.15, 0.2) is 0 Å². The fourth-order valence-corrected chi connectivity index (χ4v) is 2.91. The van der Waals surface area contributed by atoms with Crippen LogP contribution < -0.4 is 10.2 Å². The number of H-pyrrole nitrogens is 1. The molecule has 0 fully saturated rings. The average Bonchev–Trinajstić information content (AvgIpc) is 2.64. The molecule has 134 valence electrons. The van der Waals surface area contributed by atoms with Gasteiger partial charge in [0.05, 0.1) is 12.6 Å². The highest BCUT2D eigenvalue weighted by molar-refractivity contribution is 6.31. The number of pyridine rings is 1. The molecule has 0 radical (unpaired) electrons. The number of nitrogens with zero attached hydrogens (tertiary/aromatic N) is 1. The summed E-state index contributed by atoms with van der Waals surface area (Å²) in [6.45, 7) is -0.0512. The Balaban J connectivity index is 1.94. The number of aromatic amines is 1. The average molecular weight is 375 g/mol. The van der Waals surface area contributed by atoms with Gasteiger partial charge in [0.25, 0.3) is 5.91 Å². The summed E-state index contributed by atoms with van der Waals surface area (Å²) in [6.07, 6.45) is 1.35. The molecule has 0 spiro atoms. The van der Waals surface area contributed by atoms with E-state index in [1.165, 1.54) is 37.4 Å². The van der Waals surface area contributed by atoms with Crippen molar-refractivity contribution < 1.29 is 13.9 Å². The SMILES string of the molecule is COc1ccc2c(=O)c(C(=O)N(C)Cc3c(F)cccc3Cl)c[nH]c2c1. The lowest BCUT2D eigenvalue weighted by molar-refractivity contribution is 0.0782. The molecule has 0 atom stereocenters. The van der Waals surface area contributed by atoms with E-state index in [2.05, 4.69) is 4.98 Å². The van der Waals surface area contributed by atoms with Crippen LogP contribution in [0, 0.1) is 5.82 Å². The molecule has 3 rings (SSSR count). The largest absolute Gasteiger partial charge is 0.497 e. The van der Waals surface area contributed by atoms with Crippen molar-refractivity contribution in [2.24, 2.45) is 0 Å². The van der Waals surface area contributed by atoms with E-state index in [-0.39, 0.29) is 22.7 Å². The quantitative estimate of drug-likeness (QED) is 0.759. The maximum absolute atomic E-state index is 13.9. The first-order valence-electron chi connectivity index (χ1n) is 7.80. The fourth-order valence-electron chi connectivity index (χ4n) is 2.69. The van der Waals surface area contributed by atoms with Gasteiger partial charge in [0.2, 0.25) is 5.43 Å². The third-order valence-corrected chi connectivity index (χ3v) is 4.48. The molecule has 0 saturated heterocycles. The summed E-state index contributed by atoms with van der Waals surface area (Å²) >= 11 is 6.00. The first-order valence-corrected chi connectivity index (χ1v) is 8.18. The molecule has 1 heterocycles. The predicted molar refractivity (Wildman–Crippen MR) is 98.3 cm³/mol. The highest BCUT2D eigenvalue weighted by atomic mass is 35.5. The van der Waals surface area contributed by atoms with Crippen molar-refractivity contribution in [1.29, 1.82) is 0 Å². The molecule has 7 heteroatoms. The number of ether oxygens (including phenoxy) is 1. The van der Waals surface area contributed by atoms with Gasteiger partial charge < -0.3 is 14.6 Å². The van der Waals surface area contributed by atoms with Crippen LogP contribution in [-0.2, 0) is 6.54 Å². The van der Waals surface area contributed by atoms with E-state index in [0.29, 0.717) is 16.7 Å². The van der Waals surface area contributed by atoms with Crippen molar-refractivity contribution in [2.75, 3.05) is 14.2 Å². The van der Waals surface area contributed by atoms with Crippen molar-refractivity contribution in [3.8, 4) is 5.75 Å². The Morgan fingerprint density at radius 3 is 2.77 bits per heavy atom. The van der Waals surface area contributed by atoms with Gasteiger partial charge in [0.1, 0.15) is 17.1 Å². The highest BCUT2D eigenvalue weighted by Crippen LogP contribution is 2.21. The van der Waals surface area contributed by atoms with Gasteiger partial charge in [0, 0.05) is 41.8 Å². The van der Waals surface area contributed by atoms with Crippen LogP contribution in [0.2, 0.25) is 5.02 Å². The predicted octanol–water partition coefficient (Wildman–Crippen LogP) is 3.60. The zero-order valence-electron chi connectivity index (χ0n) is 14.2. The Morgan fingerprint density at radius 1 is 1.31 bits per heavy atom. The topological polar surface area (TPSA) is 62.4 Å². The fraction of sp³-hybridized carbons (Fsp3) is 0.158. The summed E-state index contributed by atoms with van der Waals surface area (Å²) in [6, 6.07) is 9.23. The molecular formula is C19H16ClFN2O3. The van der Waals surface area contributed by atoms with Gasteiger partial charge in [-0.2, -0.15) is 0 Å². The van der Waals surface area contributed by atoms with E-state index in [1.807, 2.05) is 0 Å². The minimum atomic E-state index is -0.525. The van der Waals surface area contributed by atoms with Gasteiger partial charge >= 0.3 is 0 Å². The number of aromatic nitrogens is 1. The van der Waals surface area contributed by atoms with Gasteiger partial charge in [-0.1, -0.05) is 17.7 Å². The van der Waals surface area contributed by atoms with E-state index < -0.39 is 17.2 Å². The number of hydrogen-bond acceptors (Lipinski definition) is 3. The maximum Gasteiger partial charge on any atom is 0.259 e. The lowest BCUT2D eigenvalue weighted by atomic mass is 10.1. The minimum absolute atomic E-state index is 0.0300. The van der Waals surface area contributed by atoms with Crippen LogP contribution in [-0.4, -0.2) is 29.9 Å². The Hall–Kier alpha value is -2.86. The number of nitrogens with one attached hydrogen (secondary N) is 1. The third-order valence-electron chi connectivity index (χ3n) is 4.12. The third kappa shape index (κ3) is 3.28. The summed E-state index contributed by atoms with van der Waals surface area (Å²) in [5, 5.41) is 0.596. The van der Waals surface area contributed by atoms with Crippen LogP contribution in [0.5, 0.6) is 5.75 Å². The molecule has 0 saturated carbocycles. The zero-order valence-corrected chi connectivity index (χ0v) is 14.9. The molecule has 1 amide bonds. The van der Waals surface area contributed by atoms with Crippen LogP contribution >= 0.6 is 11.6 Å². The van der Waals surface area contributed by atoms with Gasteiger partial charge in [-0.15, -0.1) is 0 Å². The van der Waals surface area contributed by atoms with Crippen molar-refractivity contribution in [2.45, 2.75) is 6.54 Å². The summed E-state index contributed by atoms with van der Waals surface area (Å²) in [5.74, 6) is -0.432.